The Kier molecular flexibility index (Phi) is 7.90. The fourth-order valence-corrected chi connectivity index (χ4v) is 5.70. The van der Waals surface area contributed by atoms with E-state index in [1.54, 1.807) is 42.5 Å². The fraction of sp³-hybridized carbons (Fsp3) is 0.207. The van der Waals surface area contributed by atoms with Gasteiger partial charge in [0.2, 0.25) is 5.91 Å². The molecule has 36 heavy (non-hydrogen) atoms. The molecular formula is C29H30N2O4S. The molecule has 0 aliphatic carbocycles. The van der Waals surface area contributed by atoms with E-state index in [-0.39, 0.29) is 23.3 Å². The largest absolute Gasteiger partial charge is 0.495 e. The lowest BCUT2D eigenvalue weighted by Gasteiger charge is -2.26. The lowest BCUT2D eigenvalue weighted by molar-refractivity contribution is -0.119. The molecule has 1 amide bonds. The van der Waals surface area contributed by atoms with Gasteiger partial charge in [-0.05, 0) is 52.9 Å². The molecule has 0 saturated heterocycles. The lowest BCUT2D eigenvalue weighted by Crippen LogP contribution is -2.42. The highest BCUT2D eigenvalue weighted by molar-refractivity contribution is 7.92. The molecule has 0 heterocycles. The molecule has 6 nitrogen and oxygen atoms in total. The van der Waals surface area contributed by atoms with Crippen LogP contribution < -0.4 is 14.4 Å². The number of fused-ring (bicyclic) bond motifs is 1. The molecule has 4 aromatic carbocycles. The van der Waals surface area contributed by atoms with E-state index in [0.717, 1.165) is 10.7 Å². The van der Waals surface area contributed by atoms with Gasteiger partial charge in [-0.25, -0.2) is 8.42 Å². The maximum absolute atomic E-state index is 13.5. The quantitative estimate of drug-likeness (QED) is 0.330. The first-order valence-corrected chi connectivity index (χ1v) is 13.3. The molecule has 186 valence electrons. The molecule has 0 saturated carbocycles. The molecule has 7 heteroatoms. The lowest BCUT2D eigenvalue weighted by atomic mass is 9.96. The van der Waals surface area contributed by atoms with Crippen molar-refractivity contribution in [2.45, 2.75) is 18.2 Å². The van der Waals surface area contributed by atoms with Gasteiger partial charge in [-0.1, -0.05) is 79.7 Å². The summed E-state index contributed by atoms with van der Waals surface area (Å²) in [7, 11) is -2.53. The van der Waals surface area contributed by atoms with Gasteiger partial charge in [0.15, 0.2) is 0 Å². The molecule has 4 aromatic rings. The number of carbonyl (C=O) groups is 1. The molecule has 0 aromatic heterocycles. The Morgan fingerprint density at radius 3 is 2.33 bits per heavy atom. The zero-order chi connectivity index (χ0) is 25.5. The SMILES string of the molecule is COc1ccccc1N(CC(=O)NCC(C)Cc1cccc2ccccc12)S(=O)(=O)c1ccccc1. The van der Waals surface area contributed by atoms with Gasteiger partial charge in [0.1, 0.15) is 12.3 Å². The standard InChI is InChI=1S/C29H30N2O4S/c1-22(19-24-13-10-12-23-11-6-7-16-26(23)24)20-30-29(32)21-31(27-17-8-9-18-28(27)35-2)36(33,34)25-14-4-3-5-15-25/h3-18,22H,19-21H2,1-2H3,(H,30,32). The van der Waals surface area contributed by atoms with Crippen LogP contribution in [0.3, 0.4) is 0 Å². The average Bonchev–Trinajstić information content (AvgIpc) is 2.91. The Hall–Kier alpha value is -3.84. The zero-order valence-corrected chi connectivity index (χ0v) is 21.2. The number of para-hydroxylation sites is 2. The number of sulfonamides is 1. The summed E-state index contributed by atoms with van der Waals surface area (Å²) in [5.74, 6) is 0.143. The van der Waals surface area contributed by atoms with Gasteiger partial charge in [0.05, 0.1) is 17.7 Å². The third-order valence-corrected chi connectivity index (χ3v) is 7.84. The van der Waals surface area contributed by atoms with E-state index < -0.39 is 10.0 Å². The molecule has 4 rings (SSSR count). The second-order valence-corrected chi connectivity index (χ2v) is 10.6. The number of methoxy groups -OCH3 is 1. The van der Waals surface area contributed by atoms with Crippen LogP contribution in [-0.2, 0) is 21.2 Å². The van der Waals surface area contributed by atoms with Crippen LogP contribution >= 0.6 is 0 Å². The summed E-state index contributed by atoms with van der Waals surface area (Å²) in [6, 6.07) is 29.4. The van der Waals surface area contributed by atoms with Crippen LogP contribution in [0, 0.1) is 5.92 Å². The van der Waals surface area contributed by atoms with E-state index in [9.17, 15) is 13.2 Å². The highest BCUT2D eigenvalue weighted by Gasteiger charge is 2.29. The maximum Gasteiger partial charge on any atom is 0.264 e. The van der Waals surface area contributed by atoms with Crippen LogP contribution in [0.25, 0.3) is 10.8 Å². The minimum Gasteiger partial charge on any atom is -0.495 e. The Balaban J connectivity index is 1.50. The molecular weight excluding hydrogens is 472 g/mol. The zero-order valence-electron chi connectivity index (χ0n) is 20.4. The first kappa shape index (κ1) is 25.3. The van der Waals surface area contributed by atoms with Gasteiger partial charge in [-0.2, -0.15) is 0 Å². The smallest absolute Gasteiger partial charge is 0.264 e. The molecule has 0 radical (unpaired) electrons. The normalized spacial score (nSPS) is 12.2. The summed E-state index contributed by atoms with van der Waals surface area (Å²) in [4.78, 5) is 13.1. The summed E-state index contributed by atoms with van der Waals surface area (Å²) >= 11 is 0. The van der Waals surface area contributed by atoms with E-state index >= 15 is 0 Å². The van der Waals surface area contributed by atoms with E-state index in [4.69, 9.17) is 4.74 Å². The van der Waals surface area contributed by atoms with Crippen molar-refractivity contribution in [1.82, 2.24) is 5.32 Å². The second-order valence-electron chi connectivity index (χ2n) is 8.75. The molecule has 0 aliphatic rings. The number of nitrogens with one attached hydrogen (secondary N) is 1. The third-order valence-electron chi connectivity index (χ3n) is 6.07. The van der Waals surface area contributed by atoms with Crippen LogP contribution in [0.4, 0.5) is 5.69 Å². The molecule has 1 N–H and O–H groups in total. The number of rotatable bonds is 10. The minimum absolute atomic E-state index is 0.105. The van der Waals surface area contributed by atoms with Gasteiger partial charge in [-0.15, -0.1) is 0 Å². The van der Waals surface area contributed by atoms with Crippen molar-refractivity contribution in [3.63, 3.8) is 0 Å². The number of amides is 1. The van der Waals surface area contributed by atoms with Crippen LogP contribution in [0.2, 0.25) is 0 Å². The van der Waals surface area contributed by atoms with Crippen LogP contribution in [-0.4, -0.2) is 34.5 Å². The highest BCUT2D eigenvalue weighted by Crippen LogP contribution is 2.32. The fourth-order valence-electron chi connectivity index (χ4n) is 4.25. The Labute approximate surface area is 212 Å². The van der Waals surface area contributed by atoms with Crippen LogP contribution in [0.15, 0.2) is 102 Å². The first-order valence-electron chi connectivity index (χ1n) is 11.8. The molecule has 0 aliphatic heterocycles. The predicted molar refractivity (Wildman–Crippen MR) is 144 cm³/mol. The average molecular weight is 503 g/mol. The number of hydrogen-bond acceptors (Lipinski definition) is 4. The van der Waals surface area contributed by atoms with Gasteiger partial charge < -0.3 is 10.1 Å². The van der Waals surface area contributed by atoms with Crippen molar-refractivity contribution in [3.8, 4) is 5.75 Å². The topological polar surface area (TPSA) is 75.7 Å². The maximum atomic E-state index is 13.5. The summed E-state index contributed by atoms with van der Waals surface area (Å²) in [6.07, 6.45) is 0.792. The highest BCUT2D eigenvalue weighted by atomic mass is 32.2. The van der Waals surface area contributed by atoms with Crippen molar-refractivity contribution in [2.75, 3.05) is 24.5 Å². The van der Waals surface area contributed by atoms with Gasteiger partial charge in [0, 0.05) is 6.54 Å². The van der Waals surface area contributed by atoms with Crippen molar-refractivity contribution in [1.29, 1.82) is 0 Å². The number of hydrogen-bond donors (Lipinski definition) is 1. The Bertz CT molecular complexity index is 1430. The Morgan fingerprint density at radius 2 is 1.56 bits per heavy atom. The minimum atomic E-state index is -4.00. The predicted octanol–water partition coefficient (Wildman–Crippen LogP) is 5.04. The van der Waals surface area contributed by atoms with Gasteiger partial charge >= 0.3 is 0 Å². The Morgan fingerprint density at radius 1 is 0.889 bits per heavy atom. The van der Waals surface area contributed by atoms with Crippen molar-refractivity contribution < 1.29 is 17.9 Å². The first-order chi connectivity index (χ1) is 17.4. The summed E-state index contributed by atoms with van der Waals surface area (Å²) in [5.41, 5.74) is 1.53. The number of ether oxygens (including phenoxy) is 1. The van der Waals surface area contributed by atoms with Crippen LogP contribution in [0.1, 0.15) is 12.5 Å². The van der Waals surface area contributed by atoms with Crippen molar-refractivity contribution in [2.24, 2.45) is 5.92 Å². The number of benzene rings is 4. The van der Waals surface area contributed by atoms with Gasteiger partial charge in [0.25, 0.3) is 10.0 Å². The second kappa shape index (κ2) is 11.3. The monoisotopic (exact) mass is 502 g/mol. The molecule has 1 unspecified atom stereocenters. The summed E-state index contributed by atoms with van der Waals surface area (Å²) < 4.78 is 33.6. The number of carbonyl (C=O) groups excluding carboxylic acids is 1. The molecule has 1 atom stereocenters. The van der Waals surface area contributed by atoms with Crippen molar-refractivity contribution >= 4 is 32.4 Å². The van der Waals surface area contributed by atoms with Crippen LogP contribution in [0.5, 0.6) is 5.75 Å². The summed E-state index contributed by atoms with van der Waals surface area (Å²) in [5, 5.41) is 5.31. The van der Waals surface area contributed by atoms with E-state index in [2.05, 4.69) is 36.5 Å². The number of nitrogens with zero attached hydrogens (tertiary/aromatic N) is 1. The van der Waals surface area contributed by atoms with Gasteiger partial charge in [-0.3, -0.25) is 9.10 Å². The molecule has 0 bridgehead atoms. The van der Waals surface area contributed by atoms with E-state index in [1.807, 2.05) is 18.2 Å². The summed E-state index contributed by atoms with van der Waals surface area (Å²) in [6.45, 7) is 2.13. The molecule has 0 spiro atoms. The van der Waals surface area contributed by atoms with E-state index in [0.29, 0.717) is 18.0 Å². The van der Waals surface area contributed by atoms with E-state index in [1.165, 1.54) is 35.6 Å². The van der Waals surface area contributed by atoms with Crippen molar-refractivity contribution in [3.05, 3.63) is 103 Å². The third kappa shape index (κ3) is 5.69. The molecule has 0 fully saturated rings. The number of anilines is 1.